The first-order valence-corrected chi connectivity index (χ1v) is 12.7. The number of nitrogens with zero attached hydrogens (tertiary/aromatic N) is 2. The van der Waals surface area contributed by atoms with Crippen LogP contribution in [0.1, 0.15) is 32.9 Å². The average Bonchev–Trinajstić information content (AvgIpc) is 3.34. The van der Waals surface area contributed by atoms with Crippen molar-refractivity contribution in [1.29, 1.82) is 0 Å². The molecular formula is C32H22ClF3N2O2. The molecule has 0 spiro atoms. The van der Waals surface area contributed by atoms with E-state index in [0.717, 1.165) is 28.8 Å². The number of benzene rings is 4. The van der Waals surface area contributed by atoms with Gasteiger partial charge in [0.05, 0.1) is 21.8 Å². The van der Waals surface area contributed by atoms with E-state index in [2.05, 4.69) is 0 Å². The number of hydrogen-bond donors (Lipinski definition) is 1. The molecule has 8 heteroatoms. The van der Waals surface area contributed by atoms with Gasteiger partial charge in [0, 0.05) is 18.3 Å². The summed E-state index contributed by atoms with van der Waals surface area (Å²) < 4.78 is 41.3. The van der Waals surface area contributed by atoms with Gasteiger partial charge in [-0.15, -0.1) is 0 Å². The van der Waals surface area contributed by atoms with Gasteiger partial charge in [-0.1, -0.05) is 84.4 Å². The summed E-state index contributed by atoms with van der Waals surface area (Å²) in [5.41, 5.74) is 3.89. The van der Waals surface area contributed by atoms with Crippen LogP contribution in [0.2, 0.25) is 5.02 Å². The number of carbonyl (C=O) groups is 1. The molecule has 0 unspecified atom stereocenters. The number of hydrogen-bond acceptors (Lipinski definition) is 2. The topological polar surface area (TPSA) is 55.1 Å². The van der Waals surface area contributed by atoms with Crippen LogP contribution in [0.5, 0.6) is 0 Å². The van der Waals surface area contributed by atoms with Crippen LogP contribution in [0.3, 0.4) is 0 Å². The minimum atomic E-state index is -4.40. The lowest BCUT2D eigenvalue weighted by Gasteiger charge is -2.09. The molecule has 0 aliphatic heterocycles. The van der Waals surface area contributed by atoms with E-state index in [1.807, 2.05) is 53.2 Å². The van der Waals surface area contributed by atoms with Gasteiger partial charge in [0.2, 0.25) is 0 Å². The molecule has 1 heterocycles. The Morgan fingerprint density at radius 1 is 0.875 bits per heavy atom. The third kappa shape index (κ3) is 6.16. The van der Waals surface area contributed by atoms with Gasteiger partial charge in [-0.05, 0) is 58.7 Å². The van der Waals surface area contributed by atoms with E-state index in [9.17, 15) is 23.1 Å². The molecule has 40 heavy (non-hydrogen) atoms. The Kier molecular flexibility index (Phi) is 7.58. The average molecular weight is 559 g/mol. The first kappa shape index (κ1) is 27.0. The lowest BCUT2D eigenvalue weighted by atomic mass is 10.0. The highest BCUT2D eigenvalue weighted by Gasteiger charge is 2.30. The molecule has 0 saturated heterocycles. The second-order valence-corrected chi connectivity index (χ2v) is 9.54. The van der Waals surface area contributed by atoms with Crippen LogP contribution < -0.4 is 0 Å². The van der Waals surface area contributed by atoms with Gasteiger partial charge in [-0.2, -0.15) is 13.2 Å². The third-order valence-electron chi connectivity index (χ3n) is 6.37. The summed E-state index contributed by atoms with van der Waals surface area (Å²) in [6, 6.07) is 26.5. The fraction of sp³-hybridized carbons (Fsp3) is 0.0625. The molecule has 0 atom stereocenters. The maximum absolute atomic E-state index is 13.1. The van der Waals surface area contributed by atoms with Gasteiger partial charge >= 0.3 is 12.1 Å². The van der Waals surface area contributed by atoms with E-state index >= 15 is 0 Å². The van der Waals surface area contributed by atoms with Crippen molar-refractivity contribution in [3.05, 3.63) is 136 Å². The molecule has 0 aliphatic carbocycles. The van der Waals surface area contributed by atoms with Crippen LogP contribution in [-0.4, -0.2) is 20.6 Å². The van der Waals surface area contributed by atoms with Gasteiger partial charge in [0.25, 0.3) is 0 Å². The van der Waals surface area contributed by atoms with Crippen molar-refractivity contribution in [1.82, 2.24) is 9.55 Å². The van der Waals surface area contributed by atoms with Crippen molar-refractivity contribution < 1.29 is 23.1 Å². The molecule has 0 fully saturated rings. The summed E-state index contributed by atoms with van der Waals surface area (Å²) >= 11 is 6.42. The molecule has 0 radical (unpaired) electrons. The number of imidazole rings is 1. The van der Waals surface area contributed by atoms with Crippen LogP contribution in [0.25, 0.3) is 34.5 Å². The molecule has 0 bridgehead atoms. The van der Waals surface area contributed by atoms with E-state index in [0.29, 0.717) is 34.2 Å². The van der Waals surface area contributed by atoms with Crippen LogP contribution in [0.4, 0.5) is 13.2 Å². The first-order chi connectivity index (χ1) is 19.2. The predicted octanol–water partition coefficient (Wildman–Crippen LogP) is 8.81. The Hall–Kier alpha value is -4.62. The lowest BCUT2D eigenvalue weighted by molar-refractivity contribution is -0.137. The Bertz CT molecular complexity index is 1690. The van der Waals surface area contributed by atoms with Gasteiger partial charge < -0.3 is 9.67 Å². The fourth-order valence-electron chi connectivity index (χ4n) is 4.27. The predicted molar refractivity (Wildman–Crippen MR) is 151 cm³/mol. The van der Waals surface area contributed by atoms with Crippen LogP contribution >= 0.6 is 11.6 Å². The Morgan fingerprint density at radius 3 is 2.27 bits per heavy atom. The second-order valence-electron chi connectivity index (χ2n) is 9.13. The Balaban J connectivity index is 1.43. The quantitative estimate of drug-likeness (QED) is 0.217. The van der Waals surface area contributed by atoms with Crippen molar-refractivity contribution in [3.63, 3.8) is 0 Å². The zero-order valence-electron chi connectivity index (χ0n) is 20.9. The van der Waals surface area contributed by atoms with E-state index in [1.54, 1.807) is 48.5 Å². The van der Waals surface area contributed by atoms with Gasteiger partial charge in [-0.3, -0.25) is 0 Å². The molecule has 1 aromatic heterocycles. The molecule has 5 rings (SSSR count). The molecule has 5 aromatic rings. The normalized spacial score (nSPS) is 11.7. The summed E-state index contributed by atoms with van der Waals surface area (Å²) in [7, 11) is 0. The van der Waals surface area contributed by atoms with Crippen molar-refractivity contribution in [2.75, 3.05) is 0 Å². The molecule has 0 saturated carbocycles. The summed E-state index contributed by atoms with van der Waals surface area (Å²) in [6.07, 6.45) is 1.22. The van der Waals surface area contributed by atoms with E-state index in [4.69, 9.17) is 16.6 Å². The SMILES string of the molecule is O=C(O)c1ccc(Cn2cc(-c3ccccc3Cl)nc2/C=C/c2ccc(-c3cccc(C(F)(F)F)c3)cc2)cc1. The molecule has 4 nitrogen and oxygen atoms in total. The standard InChI is InChI=1S/C32H22ClF3N2O2/c33-28-7-2-1-6-27(28)29-20-38(19-22-10-15-24(16-11-22)31(39)40)30(37-29)17-12-21-8-13-23(14-9-21)25-4-3-5-26(18-25)32(34,35)36/h1-18,20H,19H2,(H,39,40)/b17-12+. The molecule has 0 aliphatic rings. The number of aromatic nitrogens is 2. The summed E-state index contributed by atoms with van der Waals surface area (Å²) in [5.74, 6) is -0.336. The number of carboxylic acid groups (broad SMARTS) is 1. The van der Waals surface area contributed by atoms with Gasteiger partial charge in [0.15, 0.2) is 0 Å². The van der Waals surface area contributed by atoms with Gasteiger partial charge in [0.1, 0.15) is 5.82 Å². The number of halogens is 4. The number of aromatic carboxylic acids is 1. The number of rotatable bonds is 7. The second kappa shape index (κ2) is 11.2. The number of alkyl halides is 3. The fourth-order valence-corrected chi connectivity index (χ4v) is 4.50. The first-order valence-electron chi connectivity index (χ1n) is 12.3. The van der Waals surface area contributed by atoms with Crippen molar-refractivity contribution in [3.8, 4) is 22.4 Å². The van der Waals surface area contributed by atoms with E-state index in [1.165, 1.54) is 6.07 Å². The van der Waals surface area contributed by atoms with Crippen LogP contribution in [-0.2, 0) is 12.7 Å². The summed E-state index contributed by atoms with van der Waals surface area (Å²) in [5, 5.41) is 9.76. The molecule has 0 amide bonds. The van der Waals surface area contributed by atoms with Crippen molar-refractivity contribution in [2.45, 2.75) is 12.7 Å². The summed E-state index contributed by atoms with van der Waals surface area (Å²) in [6.45, 7) is 0.450. The monoisotopic (exact) mass is 558 g/mol. The largest absolute Gasteiger partial charge is 0.478 e. The van der Waals surface area contributed by atoms with Crippen molar-refractivity contribution in [2.24, 2.45) is 0 Å². The molecule has 4 aromatic carbocycles. The maximum atomic E-state index is 13.1. The highest BCUT2D eigenvalue weighted by Crippen LogP contribution is 2.32. The van der Waals surface area contributed by atoms with Crippen molar-refractivity contribution >= 4 is 29.7 Å². The molecule has 1 N–H and O–H groups in total. The smallest absolute Gasteiger partial charge is 0.416 e. The lowest BCUT2D eigenvalue weighted by Crippen LogP contribution is -2.04. The molecular weight excluding hydrogens is 537 g/mol. The highest BCUT2D eigenvalue weighted by atomic mass is 35.5. The Morgan fingerprint density at radius 2 is 1.60 bits per heavy atom. The van der Waals surface area contributed by atoms with Gasteiger partial charge in [-0.25, -0.2) is 9.78 Å². The summed E-state index contributed by atoms with van der Waals surface area (Å²) in [4.78, 5) is 16.0. The number of carboxylic acids is 1. The zero-order chi connectivity index (χ0) is 28.3. The van der Waals surface area contributed by atoms with Crippen LogP contribution in [0.15, 0.2) is 103 Å². The molecule has 200 valence electrons. The van der Waals surface area contributed by atoms with E-state index in [-0.39, 0.29) is 5.56 Å². The minimum absolute atomic E-state index is 0.208. The minimum Gasteiger partial charge on any atom is -0.478 e. The Labute approximate surface area is 233 Å². The zero-order valence-corrected chi connectivity index (χ0v) is 21.7. The highest BCUT2D eigenvalue weighted by molar-refractivity contribution is 6.33. The van der Waals surface area contributed by atoms with Crippen LogP contribution in [0, 0.1) is 0 Å². The van der Waals surface area contributed by atoms with E-state index < -0.39 is 17.7 Å². The maximum Gasteiger partial charge on any atom is 0.416 e. The third-order valence-corrected chi connectivity index (χ3v) is 6.70.